The molecule has 2 rings (SSSR count). The van der Waals surface area contributed by atoms with E-state index in [0.717, 1.165) is 18.2 Å². The smallest absolute Gasteiger partial charge is 0.290 e. The minimum absolute atomic E-state index is 0.0506. The van der Waals surface area contributed by atoms with Gasteiger partial charge in [-0.3, -0.25) is 24.3 Å². The van der Waals surface area contributed by atoms with Gasteiger partial charge >= 0.3 is 0 Å². The molecule has 0 saturated heterocycles. The van der Waals surface area contributed by atoms with Gasteiger partial charge in [0.05, 0.1) is 0 Å². The van der Waals surface area contributed by atoms with Crippen LogP contribution in [0.5, 0.6) is 28.7 Å². The van der Waals surface area contributed by atoms with Gasteiger partial charge in [-0.15, -0.1) is 30.3 Å². The van der Waals surface area contributed by atoms with Crippen LogP contribution in [0.3, 0.4) is 0 Å². The van der Waals surface area contributed by atoms with Crippen LogP contribution in [0, 0.1) is 30.3 Å². The summed E-state index contributed by atoms with van der Waals surface area (Å²) in [7, 11) is 0. The average molecular weight is 369 g/mol. The molecule has 0 radical (unpaired) electrons. The van der Waals surface area contributed by atoms with E-state index in [1.807, 2.05) is 0 Å². The van der Waals surface area contributed by atoms with Crippen molar-refractivity contribution in [1.82, 2.24) is 0 Å². The third-order valence-corrected chi connectivity index (χ3v) is 2.50. The molecule has 14 heteroatoms. The SMILES string of the molecule is O=[N+]([O-])Oc1ccc(OOc2ccc(O[N+](=O)[O-])c(O[N+](=O)[O-])c2)cc1. The van der Waals surface area contributed by atoms with Crippen molar-refractivity contribution in [2.45, 2.75) is 0 Å². The van der Waals surface area contributed by atoms with Crippen molar-refractivity contribution < 1.29 is 39.5 Å². The van der Waals surface area contributed by atoms with Crippen molar-refractivity contribution in [3.63, 3.8) is 0 Å². The Morgan fingerprint density at radius 2 is 1.04 bits per heavy atom. The van der Waals surface area contributed by atoms with Gasteiger partial charge in [0.25, 0.3) is 15.3 Å². The molecule has 0 aliphatic carbocycles. The van der Waals surface area contributed by atoms with Crippen LogP contribution in [0.25, 0.3) is 0 Å². The highest BCUT2D eigenvalue weighted by molar-refractivity contribution is 5.44. The lowest BCUT2D eigenvalue weighted by atomic mass is 10.3. The van der Waals surface area contributed by atoms with Crippen molar-refractivity contribution in [1.29, 1.82) is 0 Å². The Morgan fingerprint density at radius 3 is 1.62 bits per heavy atom. The van der Waals surface area contributed by atoms with Gasteiger partial charge in [-0.25, -0.2) is 0 Å². The Hall–Kier alpha value is -4.36. The molecule has 0 aromatic heterocycles. The maximum absolute atomic E-state index is 10.4. The summed E-state index contributed by atoms with van der Waals surface area (Å²) in [5, 5.41) is 27.6. The van der Waals surface area contributed by atoms with Crippen molar-refractivity contribution in [3.8, 4) is 28.7 Å². The molecule has 0 N–H and O–H groups in total. The van der Waals surface area contributed by atoms with E-state index >= 15 is 0 Å². The fourth-order valence-corrected chi connectivity index (χ4v) is 1.59. The summed E-state index contributed by atoms with van der Waals surface area (Å²) in [6.45, 7) is 0. The third-order valence-electron chi connectivity index (χ3n) is 2.50. The molecule has 2 aromatic rings. The largest absolute Gasteiger partial charge is 0.299 e. The van der Waals surface area contributed by atoms with Gasteiger partial charge in [-0.1, -0.05) is 0 Å². The predicted octanol–water partition coefficient (Wildman–Crippen LogP) is 1.77. The third kappa shape index (κ3) is 5.37. The highest BCUT2D eigenvalue weighted by Crippen LogP contribution is 2.32. The Balaban J connectivity index is 2.07. The quantitative estimate of drug-likeness (QED) is 0.357. The maximum Gasteiger partial charge on any atom is 0.299 e. The van der Waals surface area contributed by atoms with Crippen LogP contribution in [0.2, 0.25) is 0 Å². The lowest BCUT2D eigenvalue weighted by Gasteiger charge is -2.09. The minimum Gasteiger partial charge on any atom is -0.290 e. The molecule has 0 bridgehead atoms. The molecule has 14 nitrogen and oxygen atoms in total. The number of hydrogen-bond acceptors (Lipinski definition) is 11. The Morgan fingerprint density at radius 1 is 0.577 bits per heavy atom. The van der Waals surface area contributed by atoms with E-state index < -0.39 is 26.8 Å². The lowest BCUT2D eigenvalue weighted by Crippen LogP contribution is -2.09. The Kier molecular flexibility index (Phi) is 5.50. The Labute approximate surface area is 142 Å². The molecule has 2 aromatic carbocycles. The van der Waals surface area contributed by atoms with E-state index in [1.54, 1.807) is 0 Å². The first kappa shape index (κ1) is 18.0. The zero-order valence-electron chi connectivity index (χ0n) is 12.4. The van der Waals surface area contributed by atoms with E-state index in [0.29, 0.717) is 0 Å². The monoisotopic (exact) mass is 369 g/mol. The standard InChI is InChI=1S/C12H7N3O11/c16-13(17)22-8-1-3-9(4-2-8)25-26-10-5-6-11(23-14(18)19)12(7-10)24-15(20)21/h1-7H. The van der Waals surface area contributed by atoms with Gasteiger partial charge in [0.1, 0.15) is 5.75 Å². The second-order valence-electron chi connectivity index (χ2n) is 4.19. The molecule has 0 unspecified atom stereocenters. The summed E-state index contributed by atoms with van der Waals surface area (Å²) in [6.07, 6.45) is 0. The molecule has 26 heavy (non-hydrogen) atoms. The van der Waals surface area contributed by atoms with Crippen molar-refractivity contribution in [3.05, 3.63) is 72.8 Å². The topological polar surface area (TPSA) is 176 Å². The van der Waals surface area contributed by atoms with Gasteiger partial charge in [0, 0.05) is 6.07 Å². The molecular formula is C12H7N3O11. The first-order valence-electron chi connectivity index (χ1n) is 6.39. The van der Waals surface area contributed by atoms with Crippen LogP contribution in [0.1, 0.15) is 0 Å². The molecule has 0 atom stereocenters. The molecular weight excluding hydrogens is 362 g/mol. The molecule has 0 saturated carbocycles. The maximum atomic E-state index is 10.4. The summed E-state index contributed by atoms with van der Waals surface area (Å²) in [5.74, 6) is -1.17. The summed E-state index contributed by atoms with van der Waals surface area (Å²) < 4.78 is 0. The molecule has 136 valence electrons. The van der Waals surface area contributed by atoms with E-state index in [9.17, 15) is 30.3 Å². The van der Waals surface area contributed by atoms with E-state index in [-0.39, 0.29) is 17.2 Å². The fraction of sp³-hybridized carbons (Fsp3) is 0. The normalized spacial score (nSPS) is 9.69. The molecule has 0 spiro atoms. The summed E-state index contributed by atoms with van der Waals surface area (Å²) >= 11 is 0. The van der Waals surface area contributed by atoms with Crippen LogP contribution in [-0.2, 0) is 0 Å². The number of nitrogens with zero attached hydrogens (tertiary/aromatic N) is 3. The molecule has 0 aliphatic heterocycles. The highest BCUT2D eigenvalue weighted by atomic mass is 17.2. The van der Waals surface area contributed by atoms with Crippen LogP contribution < -0.4 is 24.3 Å². The lowest BCUT2D eigenvalue weighted by molar-refractivity contribution is -0.721. The number of benzene rings is 2. The average Bonchev–Trinajstić information content (AvgIpc) is 2.55. The van der Waals surface area contributed by atoms with Crippen molar-refractivity contribution in [2.75, 3.05) is 0 Å². The summed E-state index contributed by atoms with van der Waals surface area (Å²) in [4.78, 5) is 53.3. The van der Waals surface area contributed by atoms with Crippen LogP contribution in [-0.4, -0.2) is 15.3 Å². The Bertz CT molecular complexity index is 824. The molecule has 0 heterocycles. The second-order valence-corrected chi connectivity index (χ2v) is 4.19. The van der Waals surface area contributed by atoms with Crippen molar-refractivity contribution >= 4 is 0 Å². The first-order chi connectivity index (χ1) is 12.3. The van der Waals surface area contributed by atoms with Crippen LogP contribution in [0.4, 0.5) is 0 Å². The van der Waals surface area contributed by atoms with Gasteiger partial charge < -0.3 is 0 Å². The van der Waals surface area contributed by atoms with Gasteiger partial charge in [-0.05, 0) is 36.4 Å². The minimum atomic E-state index is -1.19. The molecule has 0 fully saturated rings. The number of hydrogen-bond donors (Lipinski definition) is 0. The predicted molar refractivity (Wildman–Crippen MR) is 77.0 cm³/mol. The molecule has 0 amide bonds. The second kappa shape index (κ2) is 7.95. The van der Waals surface area contributed by atoms with Crippen molar-refractivity contribution in [2.24, 2.45) is 0 Å². The summed E-state index contributed by atoms with van der Waals surface area (Å²) in [6, 6.07) is 8.12. The fourth-order valence-electron chi connectivity index (χ4n) is 1.59. The van der Waals surface area contributed by atoms with Gasteiger partial charge in [0.2, 0.25) is 0 Å². The van der Waals surface area contributed by atoms with E-state index in [1.165, 1.54) is 24.3 Å². The van der Waals surface area contributed by atoms with E-state index in [4.69, 9.17) is 9.78 Å². The van der Waals surface area contributed by atoms with E-state index in [2.05, 4.69) is 14.5 Å². The van der Waals surface area contributed by atoms with Gasteiger partial charge in [-0.2, -0.15) is 0 Å². The highest BCUT2D eigenvalue weighted by Gasteiger charge is 2.13. The number of rotatable bonds is 9. The zero-order valence-corrected chi connectivity index (χ0v) is 12.4. The first-order valence-corrected chi connectivity index (χ1v) is 6.39. The van der Waals surface area contributed by atoms with Crippen LogP contribution >= 0.6 is 0 Å². The van der Waals surface area contributed by atoms with Crippen LogP contribution in [0.15, 0.2) is 42.5 Å². The van der Waals surface area contributed by atoms with Gasteiger partial charge in [0.15, 0.2) is 23.0 Å². The summed E-state index contributed by atoms with van der Waals surface area (Å²) in [5.41, 5.74) is 0. The zero-order chi connectivity index (χ0) is 19.1. The molecule has 0 aliphatic rings.